The van der Waals surface area contributed by atoms with Gasteiger partial charge in [0.15, 0.2) is 0 Å². The molecule has 0 aromatic carbocycles. The molecule has 4 nitrogen and oxygen atoms in total. The smallest absolute Gasteiger partial charge is 0.214 e. The largest absolute Gasteiger partial charge is 0.345 e. The fourth-order valence-electron chi connectivity index (χ4n) is 1.80. The average Bonchev–Trinajstić information content (AvgIpc) is 2.94. The minimum absolute atomic E-state index is 0.902. The van der Waals surface area contributed by atoms with Gasteiger partial charge in [-0.1, -0.05) is 11.3 Å². The molecule has 18 heavy (non-hydrogen) atoms. The Morgan fingerprint density at radius 2 is 2.22 bits per heavy atom. The Labute approximate surface area is 114 Å². The van der Waals surface area contributed by atoms with Gasteiger partial charge in [0.1, 0.15) is 0 Å². The molecule has 0 spiro atoms. The molecule has 0 aliphatic heterocycles. The van der Waals surface area contributed by atoms with Crippen molar-refractivity contribution in [2.24, 2.45) is 0 Å². The van der Waals surface area contributed by atoms with Gasteiger partial charge < -0.3 is 4.90 Å². The fourth-order valence-corrected chi connectivity index (χ4v) is 3.65. The predicted molar refractivity (Wildman–Crippen MR) is 76.8 cm³/mol. The van der Waals surface area contributed by atoms with Gasteiger partial charge in [0.25, 0.3) is 0 Å². The van der Waals surface area contributed by atoms with Gasteiger partial charge in [0, 0.05) is 11.9 Å². The maximum atomic E-state index is 4.55. The van der Waals surface area contributed by atoms with Crippen molar-refractivity contribution in [3.05, 3.63) is 33.8 Å². The Kier molecular flexibility index (Phi) is 2.83. The summed E-state index contributed by atoms with van der Waals surface area (Å²) in [5.74, 6) is 0. The third kappa shape index (κ3) is 2.02. The van der Waals surface area contributed by atoms with Crippen molar-refractivity contribution in [2.45, 2.75) is 20.4 Å². The van der Waals surface area contributed by atoms with Crippen LogP contribution in [-0.4, -0.2) is 21.6 Å². The Balaban J connectivity index is 1.85. The van der Waals surface area contributed by atoms with Crippen LogP contribution in [0.5, 0.6) is 0 Å². The molecule has 0 N–H and O–H groups in total. The van der Waals surface area contributed by atoms with Crippen molar-refractivity contribution < 1.29 is 0 Å². The van der Waals surface area contributed by atoms with E-state index < -0.39 is 0 Å². The maximum absolute atomic E-state index is 4.55. The van der Waals surface area contributed by atoms with Crippen molar-refractivity contribution >= 4 is 32.8 Å². The predicted octanol–water partition coefficient (Wildman–Crippen LogP) is 3.11. The van der Waals surface area contributed by atoms with E-state index in [-0.39, 0.29) is 0 Å². The lowest BCUT2D eigenvalue weighted by atomic mass is 10.3. The Bertz CT molecular complexity index is 648. The summed E-state index contributed by atoms with van der Waals surface area (Å²) in [7, 11) is 2.07. The number of fused-ring (bicyclic) bond motifs is 1. The molecule has 3 heterocycles. The number of imidazole rings is 1. The van der Waals surface area contributed by atoms with Crippen LogP contribution in [0.3, 0.4) is 0 Å². The summed E-state index contributed by atoms with van der Waals surface area (Å²) in [6, 6.07) is 2.16. The topological polar surface area (TPSA) is 33.4 Å². The summed E-state index contributed by atoms with van der Waals surface area (Å²) >= 11 is 3.42. The number of hydrogen-bond acceptors (Lipinski definition) is 5. The molecule has 0 aliphatic carbocycles. The first kappa shape index (κ1) is 11.7. The number of rotatable bonds is 3. The minimum Gasteiger partial charge on any atom is -0.345 e. The number of nitrogens with zero attached hydrogens (tertiary/aromatic N) is 4. The van der Waals surface area contributed by atoms with E-state index >= 15 is 0 Å². The van der Waals surface area contributed by atoms with Crippen LogP contribution < -0.4 is 4.90 Å². The molecule has 0 radical (unpaired) electrons. The van der Waals surface area contributed by atoms with Gasteiger partial charge in [-0.3, -0.25) is 0 Å². The fraction of sp³-hybridized carbons (Fsp3) is 0.333. The number of hydrogen-bond donors (Lipinski definition) is 0. The lowest BCUT2D eigenvalue weighted by Crippen LogP contribution is -2.16. The first-order chi connectivity index (χ1) is 8.63. The molecular formula is C12H14N4S2. The third-order valence-corrected chi connectivity index (χ3v) is 4.87. The van der Waals surface area contributed by atoms with Crippen LogP contribution in [0.25, 0.3) is 4.96 Å². The first-order valence-corrected chi connectivity index (χ1v) is 7.40. The Hall–Kier alpha value is -1.40. The molecule has 0 atom stereocenters. The van der Waals surface area contributed by atoms with Crippen molar-refractivity contribution in [2.75, 3.05) is 11.9 Å². The second-order valence-electron chi connectivity index (χ2n) is 4.38. The van der Waals surface area contributed by atoms with Crippen molar-refractivity contribution in [3.8, 4) is 0 Å². The van der Waals surface area contributed by atoms with Crippen molar-refractivity contribution in [3.63, 3.8) is 0 Å². The van der Waals surface area contributed by atoms with Crippen LogP contribution in [0.1, 0.15) is 16.1 Å². The lowest BCUT2D eigenvalue weighted by Gasteiger charge is -2.14. The quantitative estimate of drug-likeness (QED) is 0.738. The molecule has 3 aromatic rings. The van der Waals surface area contributed by atoms with E-state index in [1.54, 1.807) is 22.7 Å². The molecule has 0 saturated carbocycles. The highest BCUT2D eigenvalue weighted by molar-refractivity contribution is 7.20. The highest BCUT2D eigenvalue weighted by Gasteiger charge is 2.12. The van der Waals surface area contributed by atoms with Crippen LogP contribution in [0.2, 0.25) is 0 Å². The second kappa shape index (κ2) is 4.37. The minimum atomic E-state index is 0.902. The van der Waals surface area contributed by atoms with E-state index in [1.165, 1.54) is 10.4 Å². The Morgan fingerprint density at radius 1 is 1.39 bits per heavy atom. The van der Waals surface area contributed by atoms with Crippen molar-refractivity contribution in [1.82, 2.24) is 14.6 Å². The molecule has 0 fully saturated rings. The van der Waals surface area contributed by atoms with Gasteiger partial charge in [-0.15, -0.1) is 16.4 Å². The zero-order valence-corrected chi connectivity index (χ0v) is 12.2. The summed E-state index contributed by atoms with van der Waals surface area (Å²) < 4.78 is 1.85. The summed E-state index contributed by atoms with van der Waals surface area (Å²) in [6.07, 6.45) is 1.96. The van der Waals surface area contributed by atoms with Gasteiger partial charge in [-0.05, 0) is 30.9 Å². The van der Waals surface area contributed by atoms with Crippen LogP contribution in [0.15, 0.2) is 17.6 Å². The maximum Gasteiger partial charge on any atom is 0.214 e. The average molecular weight is 278 g/mol. The summed E-state index contributed by atoms with van der Waals surface area (Å²) in [5.41, 5.74) is 2.36. The highest BCUT2D eigenvalue weighted by Crippen LogP contribution is 2.25. The number of anilines is 1. The van der Waals surface area contributed by atoms with Crippen LogP contribution >= 0.6 is 22.7 Å². The van der Waals surface area contributed by atoms with Gasteiger partial charge in [0.2, 0.25) is 10.1 Å². The number of aromatic nitrogens is 3. The number of aryl methyl sites for hydroxylation is 2. The van der Waals surface area contributed by atoms with Gasteiger partial charge in [-0.25, -0.2) is 9.50 Å². The SMILES string of the molecule is Cc1cn2nc(N(C)Cc3sccc3C)sc2n1. The summed E-state index contributed by atoms with van der Waals surface area (Å²) in [5, 5.41) is 7.69. The summed E-state index contributed by atoms with van der Waals surface area (Å²) in [4.78, 5) is 8.95. The molecule has 3 rings (SSSR count). The highest BCUT2D eigenvalue weighted by atomic mass is 32.1. The molecule has 0 bridgehead atoms. The van der Waals surface area contributed by atoms with E-state index in [0.29, 0.717) is 0 Å². The van der Waals surface area contributed by atoms with E-state index in [2.05, 4.69) is 40.4 Å². The van der Waals surface area contributed by atoms with Crippen LogP contribution in [-0.2, 0) is 6.54 Å². The first-order valence-electron chi connectivity index (χ1n) is 5.70. The molecule has 6 heteroatoms. The summed E-state index contributed by atoms with van der Waals surface area (Å²) in [6.45, 7) is 5.04. The van der Waals surface area contributed by atoms with E-state index in [4.69, 9.17) is 0 Å². The monoisotopic (exact) mass is 278 g/mol. The van der Waals surface area contributed by atoms with Gasteiger partial charge >= 0.3 is 0 Å². The lowest BCUT2D eigenvalue weighted by molar-refractivity contribution is 0.875. The van der Waals surface area contributed by atoms with E-state index in [1.807, 2.05) is 17.6 Å². The normalized spacial score (nSPS) is 11.3. The van der Waals surface area contributed by atoms with Gasteiger partial charge in [0.05, 0.1) is 18.4 Å². The molecule has 0 saturated heterocycles. The van der Waals surface area contributed by atoms with Gasteiger partial charge in [-0.2, -0.15) is 0 Å². The molecule has 0 amide bonds. The molecular weight excluding hydrogens is 264 g/mol. The zero-order valence-electron chi connectivity index (χ0n) is 10.5. The molecule has 0 unspecified atom stereocenters. The van der Waals surface area contributed by atoms with Crippen LogP contribution in [0.4, 0.5) is 5.13 Å². The number of thiophene rings is 1. The van der Waals surface area contributed by atoms with Crippen LogP contribution in [0, 0.1) is 13.8 Å². The molecule has 3 aromatic heterocycles. The Morgan fingerprint density at radius 3 is 2.89 bits per heavy atom. The standard InChI is InChI=1S/C12H14N4S2/c1-8-4-5-17-10(8)7-15(3)12-14-16-6-9(2)13-11(16)18-12/h4-6H,7H2,1-3H3. The third-order valence-electron chi connectivity index (χ3n) is 2.83. The second-order valence-corrected chi connectivity index (χ2v) is 6.31. The zero-order chi connectivity index (χ0) is 12.7. The van der Waals surface area contributed by atoms with E-state index in [0.717, 1.165) is 22.3 Å². The molecule has 94 valence electrons. The van der Waals surface area contributed by atoms with E-state index in [9.17, 15) is 0 Å². The van der Waals surface area contributed by atoms with Crippen molar-refractivity contribution in [1.29, 1.82) is 0 Å². The molecule has 0 aliphatic rings.